The molecule has 130 valence electrons. The number of fused-ring (bicyclic) bond motifs is 1. The molecule has 0 saturated carbocycles. The number of ether oxygens (including phenoxy) is 1. The van der Waals surface area contributed by atoms with E-state index in [9.17, 15) is 14.7 Å². The van der Waals surface area contributed by atoms with Gasteiger partial charge in [0, 0.05) is 38.3 Å². The average molecular weight is 342 g/mol. The van der Waals surface area contributed by atoms with Gasteiger partial charge in [-0.25, -0.2) is 4.68 Å². The smallest absolute Gasteiger partial charge is 0.314 e. The highest BCUT2D eigenvalue weighted by Gasteiger charge is 2.55. The summed E-state index contributed by atoms with van der Waals surface area (Å²) in [6.07, 6.45) is 5.65. The van der Waals surface area contributed by atoms with Crippen molar-refractivity contribution in [1.29, 1.82) is 0 Å². The Labute approximate surface area is 144 Å². The van der Waals surface area contributed by atoms with Crippen molar-refractivity contribution < 1.29 is 19.4 Å². The van der Waals surface area contributed by atoms with Gasteiger partial charge in [-0.1, -0.05) is 0 Å². The van der Waals surface area contributed by atoms with Gasteiger partial charge in [0.15, 0.2) is 0 Å². The monoisotopic (exact) mass is 342 g/mol. The Balaban J connectivity index is 1.60. The molecule has 2 aromatic heterocycles. The molecule has 4 heterocycles. The molecule has 4 rings (SSSR count). The summed E-state index contributed by atoms with van der Waals surface area (Å²) in [5.41, 5.74) is 0.0115. The maximum Gasteiger partial charge on any atom is 0.314 e. The Hall–Kier alpha value is -2.74. The molecule has 2 aromatic rings. The fourth-order valence-electron chi connectivity index (χ4n) is 3.71. The molecule has 1 N–H and O–H groups in total. The van der Waals surface area contributed by atoms with Crippen LogP contribution in [-0.4, -0.2) is 63.0 Å². The van der Waals surface area contributed by atoms with E-state index in [0.29, 0.717) is 19.6 Å². The van der Waals surface area contributed by atoms with Crippen LogP contribution in [0.15, 0.2) is 36.8 Å². The van der Waals surface area contributed by atoms with E-state index in [4.69, 9.17) is 4.74 Å². The third-order valence-corrected chi connectivity index (χ3v) is 5.11. The van der Waals surface area contributed by atoms with Gasteiger partial charge in [-0.05, 0) is 30.5 Å². The minimum atomic E-state index is -1.01. The van der Waals surface area contributed by atoms with Crippen LogP contribution in [0.1, 0.15) is 16.9 Å². The number of nitrogens with zero attached hydrogens (tertiary/aromatic N) is 4. The number of amides is 1. The van der Waals surface area contributed by atoms with E-state index in [0.717, 1.165) is 5.69 Å². The molecule has 0 aromatic carbocycles. The fourth-order valence-corrected chi connectivity index (χ4v) is 3.71. The molecule has 2 aliphatic heterocycles. The summed E-state index contributed by atoms with van der Waals surface area (Å²) in [6.45, 7) is 1.26. The number of hydrogen-bond acceptors (Lipinski definition) is 5. The summed E-state index contributed by atoms with van der Waals surface area (Å²) in [7, 11) is 0. The van der Waals surface area contributed by atoms with Gasteiger partial charge < -0.3 is 14.7 Å². The fraction of sp³-hybridized carbons (Fsp3) is 0.412. The molecule has 0 unspecified atom stereocenters. The van der Waals surface area contributed by atoms with Crippen molar-refractivity contribution in [1.82, 2.24) is 19.7 Å². The Morgan fingerprint density at radius 2 is 2.24 bits per heavy atom. The van der Waals surface area contributed by atoms with Crippen LogP contribution in [0.5, 0.6) is 0 Å². The van der Waals surface area contributed by atoms with Gasteiger partial charge in [0.05, 0.1) is 12.3 Å². The molecule has 0 bridgehead atoms. The molecule has 2 fully saturated rings. The topological polar surface area (TPSA) is 97.5 Å². The average Bonchev–Trinajstić information content (AvgIpc) is 3.29. The second-order valence-electron chi connectivity index (χ2n) is 6.54. The minimum Gasteiger partial charge on any atom is -0.481 e. The van der Waals surface area contributed by atoms with Crippen molar-refractivity contribution in [2.24, 2.45) is 11.3 Å². The lowest BCUT2D eigenvalue weighted by Crippen LogP contribution is -2.46. The summed E-state index contributed by atoms with van der Waals surface area (Å²) in [5, 5.41) is 13.8. The number of pyridine rings is 1. The lowest BCUT2D eigenvalue weighted by Gasteiger charge is -2.33. The van der Waals surface area contributed by atoms with Crippen LogP contribution < -0.4 is 0 Å². The molecule has 0 radical (unpaired) electrons. The number of likely N-dealkylation sites (tertiary alicyclic amines) is 1. The first kappa shape index (κ1) is 15.8. The number of carboxylic acids is 1. The molecular formula is C17H18N4O4. The molecule has 2 aliphatic rings. The standard InChI is InChI=1S/C17H18N4O4/c22-15(14-8-13(2-5-18-14)21-6-1-4-19-21)20-9-12-3-7-25-11-17(12,10-20)16(23)24/h1-2,4-6,8,12H,3,7,9-11H2,(H,23,24)/t12-,17+/m1/s1. The highest BCUT2D eigenvalue weighted by Crippen LogP contribution is 2.42. The van der Waals surface area contributed by atoms with Crippen molar-refractivity contribution in [3.63, 3.8) is 0 Å². The molecule has 25 heavy (non-hydrogen) atoms. The van der Waals surface area contributed by atoms with Gasteiger partial charge in [-0.2, -0.15) is 5.10 Å². The van der Waals surface area contributed by atoms with Crippen LogP contribution in [0, 0.1) is 11.3 Å². The van der Waals surface area contributed by atoms with Gasteiger partial charge >= 0.3 is 5.97 Å². The quantitative estimate of drug-likeness (QED) is 0.887. The molecule has 2 saturated heterocycles. The number of rotatable bonds is 3. The third-order valence-electron chi connectivity index (χ3n) is 5.11. The highest BCUT2D eigenvalue weighted by molar-refractivity contribution is 5.93. The van der Waals surface area contributed by atoms with Gasteiger partial charge in [0.2, 0.25) is 0 Å². The van der Waals surface area contributed by atoms with E-state index in [1.165, 1.54) is 0 Å². The van der Waals surface area contributed by atoms with E-state index in [1.807, 2.05) is 0 Å². The predicted octanol–water partition coefficient (Wildman–Crippen LogP) is 0.831. The largest absolute Gasteiger partial charge is 0.481 e. The summed E-state index contributed by atoms with van der Waals surface area (Å²) in [4.78, 5) is 30.5. The van der Waals surface area contributed by atoms with Crippen LogP contribution in [-0.2, 0) is 9.53 Å². The van der Waals surface area contributed by atoms with Crippen LogP contribution in [0.3, 0.4) is 0 Å². The van der Waals surface area contributed by atoms with E-state index in [1.54, 1.807) is 46.4 Å². The highest BCUT2D eigenvalue weighted by atomic mass is 16.5. The van der Waals surface area contributed by atoms with Crippen molar-refractivity contribution in [3.8, 4) is 5.69 Å². The summed E-state index contributed by atoms with van der Waals surface area (Å²) in [5.74, 6) is -1.24. The maximum atomic E-state index is 12.9. The lowest BCUT2D eigenvalue weighted by molar-refractivity contribution is -0.159. The normalized spacial score (nSPS) is 25.6. The van der Waals surface area contributed by atoms with Crippen molar-refractivity contribution >= 4 is 11.9 Å². The van der Waals surface area contributed by atoms with E-state index in [-0.39, 0.29) is 30.7 Å². The number of aromatic nitrogens is 3. The van der Waals surface area contributed by atoms with E-state index >= 15 is 0 Å². The molecule has 2 atom stereocenters. The number of aliphatic carboxylic acids is 1. The maximum absolute atomic E-state index is 12.9. The minimum absolute atomic E-state index is 0.0861. The van der Waals surface area contributed by atoms with Gasteiger partial charge in [0.1, 0.15) is 11.1 Å². The van der Waals surface area contributed by atoms with Crippen molar-refractivity contribution in [2.45, 2.75) is 6.42 Å². The summed E-state index contributed by atoms with van der Waals surface area (Å²) in [6, 6.07) is 5.23. The Morgan fingerprint density at radius 3 is 2.96 bits per heavy atom. The molecular weight excluding hydrogens is 324 g/mol. The zero-order chi connectivity index (χ0) is 17.4. The Morgan fingerprint density at radius 1 is 1.36 bits per heavy atom. The van der Waals surface area contributed by atoms with E-state index in [2.05, 4.69) is 10.1 Å². The summed E-state index contributed by atoms with van der Waals surface area (Å²) < 4.78 is 7.05. The van der Waals surface area contributed by atoms with Crippen LogP contribution in [0.4, 0.5) is 0 Å². The first-order chi connectivity index (χ1) is 12.1. The second kappa shape index (κ2) is 5.96. The predicted molar refractivity (Wildman–Crippen MR) is 86.3 cm³/mol. The van der Waals surface area contributed by atoms with Crippen LogP contribution >= 0.6 is 0 Å². The number of carboxylic acid groups (broad SMARTS) is 1. The number of hydrogen-bond donors (Lipinski definition) is 1. The zero-order valence-corrected chi connectivity index (χ0v) is 13.5. The first-order valence-electron chi connectivity index (χ1n) is 8.17. The summed E-state index contributed by atoms with van der Waals surface area (Å²) >= 11 is 0. The number of carbonyl (C=O) groups excluding carboxylic acids is 1. The van der Waals surface area contributed by atoms with Crippen molar-refractivity contribution in [3.05, 3.63) is 42.5 Å². The second-order valence-corrected chi connectivity index (χ2v) is 6.54. The van der Waals surface area contributed by atoms with Crippen LogP contribution in [0.25, 0.3) is 5.69 Å². The van der Waals surface area contributed by atoms with Crippen LogP contribution in [0.2, 0.25) is 0 Å². The molecule has 8 heteroatoms. The Bertz CT molecular complexity index is 807. The third kappa shape index (κ3) is 2.58. The zero-order valence-electron chi connectivity index (χ0n) is 13.5. The first-order valence-corrected chi connectivity index (χ1v) is 8.17. The van der Waals surface area contributed by atoms with Crippen molar-refractivity contribution in [2.75, 3.05) is 26.3 Å². The Kier molecular flexibility index (Phi) is 3.76. The molecule has 0 aliphatic carbocycles. The molecule has 8 nitrogen and oxygen atoms in total. The number of carbonyl (C=O) groups is 2. The van der Waals surface area contributed by atoms with Gasteiger partial charge in [0.25, 0.3) is 5.91 Å². The van der Waals surface area contributed by atoms with Gasteiger partial charge in [-0.15, -0.1) is 0 Å². The lowest BCUT2D eigenvalue weighted by atomic mass is 9.76. The molecule has 0 spiro atoms. The SMILES string of the molecule is O=C(c1cc(-n2cccn2)ccn1)N1C[C@H]2CCOC[C@@]2(C(=O)O)C1. The van der Waals surface area contributed by atoms with E-state index < -0.39 is 11.4 Å². The molecule has 1 amide bonds. The van der Waals surface area contributed by atoms with Gasteiger partial charge in [-0.3, -0.25) is 14.6 Å².